The number of anilines is 1. The summed E-state index contributed by atoms with van der Waals surface area (Å²) in [5.74, 6) is 0.354. The highest BCUT2D eigenvalue weighted by Crippen LogP contribution is 2.28. The number of thioether (sulfide) groups is 1. The van der Waals surface area contributed by atoms with Gasteiger partial charge in [-0.1, -0.05) is 59.5 Å². The van der Waals surface area contributed by atoms with Gasteiger partial charge in [-0.15, -0.1) is 10.2 Å². The molecule has 1 N–H and O–H groups in total. The van der Waals surface area contributed by atoms with Gasteiger partial charge in [0.25, 0.3) is 5.91 Å². The molecule has 0 radical (unpaired) electrons. The number of hydrogen-bond donors (Lipinski definition) is 1. The maximum absolute atomic E-state index is 12.5. The minimum Gasteiger partial charge on any atom is -0.296 e. The van der Waals surface area contributed by atoms with Crippen molar-refractivity contribution in [3.63, 3.8) is 0 Å². The van der Waals surface area contributed by atoms with Crippen molar-refractivity contribution < 1.29 is 13.2 Å². The number of benzene rings is 2. The fourth-order valence-corrected chi connectivity index (χ4v) is 4.63. The molecule has 2 aromatic carbocycles. The fourth-order valence-electron chi connectivity index (χ4n) is 2.28. The number of aryl methyl sites for hydroxylation is 1. The third-order valence-corrected chi connectivity index (χ3v) is 6.87. The Morgan fingerprint density at radius 2 is 1.89 bits per heavy atom. The average molecular weight is 420 g/mol. The topological polar surface area (TPSA) is 89.0 Å². The summed E-state index contributed by atoms with van der Waals surface area (Å²) < 4.78 is 24.2. The van der Waals surface area contributed by atoms with E-state index in [1.54, 1.807) is 24.8 Å². The SMILES string of the molecule is Cc1ccc(S(C)(=O)=O)cc1C(=O)Nc1nnc(SCc2ccccc2)s1. The third kappa shape index (κ3) is 5.15. The van der Waals surface area contributed by atoms with Crippen LogP contribution < -0.4 is 5.32 Å². The standard InChI is InChI=1S/C18H17N3O3S3/c1-12-8-9-14(27(2,23)24)10-15(12)16(22)19-17-20-21-18(26-17)25-11-13-6-4-3-5-7-13/h3-10H,11H2,1-2H3,(H,19,20,22). The second kappa shape index (κ2) is 8.20. The Balaban J connectivity index is 1.69. The highest BCUT2D eigenvalue weighted by atomic mass is 32.2. The quantitative estimate of drug-likeness (QED) is 0.483. The fraction of sp³-hybridized carbons (Fsp3) is 0.167. The zero-order chi connectivity index (χ0) is 19.4. The summed E-state index contributed by atoms with van der Waals surface area (Å²) in [6, 6.07) is 14.5. The molecule has 0 unspecified atom stereocenters. The van der Waals surface area contributed by atoms with E-state index in [1.165, 1.54) is 29.0 Å². The smallest absolute Gasteiger partial charge is 0.257 e. The van der Waals surface area contributed by atoms with E-state index in [-0.39, 0.29) is 4.90 Å². The molecule has 0 aliphatic rings. The molecular weight excluding hydrogens is 402 g/mol. The van der Waals surface area contributed by atoms with Gasteiger partial charge in [-0.25, -0.2) is 8.42 Å². The van der Waals surface area contributed by atoms with E-state index in [2.05, 4.69) is 15.5 Å². The zero-order valence-corrected chi connectivity index (χ0v) is 17.1. The Hall–Kier alpha value is -2.23. The van der Waals surface area contributed by atoms with Crippen LogP contribution in [0.5, 0.6) is 0 Å². The number of nitrogens with one attached hydrogen (secondary N) is 1. The maximum Gasteiger partial charge on any atom is 0.257 e. The van der Waals surface area contributed by atoms with E-state index in [0.717, 1.165) is 16.3 Å². The minimum atomic E-state index is -3.39. The number of hydrogen-bond acceptors (Lipinski definition) is 7. The number of carbonyl (C=O) groups is 1. The van der Waals surface area contributed by atoms with Crippen LogP contribution in [0, 0.1) is 6.92 Å². The van der Waals surface area contributed by atoms with Crippen LogP contribution in [-0.2, 0) is 15.6 Å². The van der Waals surface area contributed by atoms with Gasteiger partial charge in [0.1, 0.15) is 0 Å². The summed E-state index contributed by atoms with van der Waals surface area (Å²) in [6.07, 6.45) is 1.11. The predicted octanol–water partition coefficient (Wildman–Crippen LogP) is 3.79. The summed E-state index contributed by atoms with van der Waals surface area (Å²) in [5.41, 5.74) is 2.16. The molecule has 0 aliphatic carbocycles. The molecule has 6 nitrogen and oxygen atoms in total. The van der Waals surface area contributed by atoms with Crippen molar-refractivity contribution in [3.8, 4) is 0 Å². The lowest BCUT2D eigenvalue weighted by atomic mass is 10.1. The van der Waals surface area contributed by atoms with Crippen LogP contribution in [0.15, 0.2) is 57.8 Å². The normalized spacial score (nSPS) is 11.3. The zero-order valence-electron chi connectivity index (χ0n) is 14.7. The summed E-state index contributed by atoms with van der Waals surface area (Å²) in [5, 5.41) is 11.1. The van der Waals surface area contributed by atoms with Gasteiger partial charge in [0.15, 0.2) is 14.2 Å². The van der Waals surface area contributed by atoms with Crippen molar-refractivity contribution in [2.24, 2.45) is 0 Å². The van der Waals surface area contributed by atoms with E-state index < -0.39 is 15.7 Å². The van der Waals surface area contributed by atoms with Crippen LogP contribution in [0.1, 0.15) is 21.5 Å². The number of nitrogens with zero attached hydrogens (tertiary/aromatic N) is 2. The lowest BCUT2D eigenvalue weighted by Gasteiger charge is -2.07. The third-order valence-electron chi connectivity index (χ3n) is 3.71. The highest BCUT2D eigenvalue weighted by Gasteiger charge is 2.16. The first-order chi connectivity index (χ1) is 12.8. The first-order valence-corrected chi connectivity index (χ1v) is 11.6. The van der Waals surface area contributed by atoms with Crippen molar-refractivity contribution in [1.29, 1.82) is 0 Å². The van der Waals surface area contributed by atoms with E-state index in [1.807, 2.05) is 30.3 Å². The molecule has 1 heterocycles. The van der Waals surface area contributed by atoms with Gasteiger partial charge in [-0.05, 0) is 30.2 Å². The average Bonchev–Trinajstić information content (AvgIpc) is 3.07. The van der Waals surface area contributed by atoms with Gasteiger partial charge in [0.05, 0.1) is 4.90 Å². The molecule has 3 rings (SSSR count). The van der Waals surface area contributed by atoms with E-state index in [0.29, 0.717) is 16.3 Å². The molecule has 1 amide bonds. The Morgan fingerprint density at radius 3 is 2.59 bits per heavy atom. The first kappa shape index (κ1) is 19.5. The molecule has 0 saturated carbocycles. The number of sulfone groups is 1. The van der Waals surface area contributed by atoms with Crippen LogP contribution >= 0.6 is 23.1 Å². The molecule has 1 aromatic heterocycles. The molecular formula is C18H17N3O3S3. The van der Waals surface area contributed by atoms with Gasteiger partial charge in [0.2, 0.25) is 5.13 Å². The van der Waals surface area contributed by atoms with Crippen LogP contribution in [0.2, 0.25) is 0 Å². The molecule has 9 heteroatoms. The van der Waals surface area contributed by atoms with Gasteiger partial charge >= 0.3 is 0 Å². The highest BCUT2D eigenvalue weighted by molar-refractivity contribution is 8.00. The molecule has 3 aromatic rings. The number of aromatic nitrogens is 2. The van der Waals surface area contributed by atoms with Crippen molar-refractivity contribution in [2.45, 2.75) is 21.9 Å². The Labute approximate surface area is 166 Å². The van der Waals surface area contributed by atoms with Crippen molar-refractivity contribution in [3.05, 3.63) is 65.2 Å². The molecule has 0 saturated heterocycles. The molecule has 0 bridgehead atoms. The van der Waals surface area contributed by atoms with E-state index in [9.17, 15) is 13.2 Å². The van der Waals surface area contributed by atoms with Crippen molar-refractivity contribution in [1.82, 2.24) is 10.2 Å². The molecule has 140 valence electrons. The lowest BCUT2D eigenvalue weighted by Crippen LogP contribution is -2.14. The second-order valence-electron chi connectivity index (χ2n) is 5.85. The Bertz CT molecular complexity index is 1060. The van der Waals surface area contributed by atoms with Crippen LogP contribution in [0.3, 0.4) is 0 Å². The van der Waals surface area contributed by atoms with Crippen molar-refractivity contribution >= 4 is 44.0 Å². The van der Waals surface area contributed by atoms with Gasteiger partial charge in [-0.2, -0.15) is 0 Å². The summed E-state index contributed by atoms with van der Waals surface area (Å²) in [6.45, 7) is 1.75. The number of rotatable bonds is 6. The van der Waals surface area contributed by atoms with E-state index >= 15 is 0 Å². The van der Waals surface area contributed by atoms with Crippen LogP contribution in [0.4, 0.5) is 5.13 Å². The summed E-state index contributed by atoms with van der Waals surface area (Å²) >= 11 is 2.82. The molecule has 0 atom stereocenters. The minimum absolute atomic E-state index is 0.106. The van der Waals surface area contributed by atoms with Gasteiger partial charge in [0, 0.05) is 17.6 Å². The van der Waals surface area contributed by atoms with Crippen LogP contribution in [0.25, 0.3) is 0 Å². The molecule has 0 spiro atoms. The number of carbonyl (C=O) groups excluding carboxylic acids is 1. The van der Waals surface area contributed by atoms with E-state index in [4.69, 9.17) is 0 Å². The summed E-state index contributed by atoms with van der Waals surface area (Å²) in [4.78, 5) is 12.6. The van der Waals surface area contributed by atoms with Crippen molar-refractivity contribution in [2.75, 3.05) is 11.6 Å². The largest absolute Gasteiger partial charge is 0.296 e. The maximum atomic E-state index is 12.5. The Morgan fingerprint density at radius 1 is 1.15 bits per heavy atom. The molecule has 0 aliphatic heterocycles. The molecule has 0 fully saturated rings. The van der Waals surface area contributed by atoms with Gasteiger partial charge < -0.3 is 0 Å². The Kier molecular flexibility index (Phi) is 5.93. The number of amides is 1. The van der Waals surface area contributed by atoms with Gasteiger partial charge in [-0.3, -0.25) is 10.1 Å². The summed E-state index contributed by atoms with van der Waals surface area (Å²) in [7, 11) is -3.39. The van der Waals surface area contributed by atoms with Crippen LogP contribution in [-0.4, -0.2) is 30.8 Å². The first-order valence-electron chi connectivity index (χ1n) is 7.95. The lowest BCUT2D eigenvalue weighted by molar-refractivity contribution is 0.102. The molecule has 27 heavy (non-hydrogen) atoms. The second-order valence-corrected chi connectivity index (χ2v) is 10.1. The predicted molar refractivity (Wildman–Crippen MR) is 108 cm³/mol. The monoisotopic (exact) mass is 419 g/mol.